The molecule has 1 aliphatic rings. The van der Waals surface area contributed by atoms with Crippen LogP contribution < -0.4 is 10.4 Å². The molecule has 0 fully saturated rings. The largest absolute Gasteiger partial charge is 0.118 e. The van der Waals surface area contributed by atoms with E-state index in [1.54, 1.807) is 0 Å². The lowest BCUT2D eigenvalue weighted by molar-refractivity contribution is 0.564. The maximum atomic E-state index is 4.46. The minimum Gasteiger partial charge on any atom is -0.118 e. The second-order valence-corrected chi connectivity index (χ2v) is 19.1. The Morgan fingerprint density at radius 2 is 1.05 bits per heavy atom. The maximum Gasteiger partial charge on any atom is 0.0403 e. The zero-order valence-corrected chi connectivity index (χ0v) is 36.5. The molecule has 0 nitrogen and oxygen atoms in total. The molecule has 1 atom stereocenters. The van der Waals surface area contributed by atoms with Gasteiger partial charge in [-0.1, -0.05) is 168 Å². The molecule has 0 radical (unpaired) electrons. The van der Waals surface area contributed by atoms with Gasteiger partial charge in [0, 0.05) is 22.3 Å². The Labute approximate surface area is 333 Å². The first-order chi connectivity index (χ1) is 26.6. The van der Waals surface area contributed by atoms with Crippen LogP contribution in [0.3, 0.4) is 0 Å². The topological polar surface area (TPSA) is 0 Å². The monoisotopic (exact) mass is 742 g/mol. The molecule has 0 saturated heterocycles. The summed E-state index contributed by atoms with van der Waals surface area (Å²) in [4.78, 5) is 0. The van der Waals surface area contributed by atoms with Gasteiger partial charge < -0.3 is 0 Å². The van der Waals surface area contributed by atoms with Gasteiger partial charge in [-0.15, -0.1) is 13.2 Å². The Hall–Kier alpha value is -4.74. The molecule has 0 amide bonds. The van der Waals surface area contributed by atoms with Crippen molar-refractivity contribution in [3.05, 3.63) is 140 Å². The first-order valence-electron chi connectivity index (χ1n) is 20.6. The number of rotatable bonds is 5. The Kier molecular flexibility index (Phi) is 15.8. The van der Waals surface area contributed by atoms with Gasteiger partial charge in [-0.25, -0.2) is 0 Å². The van der Waals surface area contributed by atoms with Gasteiger partial charge in [-0.05, 0) is 131 Å². The third-order valence-electron chi connectivity index (χ3n) is 9.84. The van der Waals surface area contributed by atoms with Crippen LogP contribution in [0.2, 0.25) is 0 Å². The zero-order valence-electron chi connectivity index (χ0n) is 35.6. The van der Waals surface area contributed by atoms with E-state index in [0.717, 1.165) is 41.5 Å². The van der Waals surface area contributed by atoms with Crippen LogP contribution in [-0.2, 0) is 6.42 Å². The summed E-state index contributed by atoms with van der Waals surface area (Å²) in [5.41, 5.74) is 8.26. The molecule has 0 spiro atoms. The van der Waals surface area contributed by atoms with E-state index < -0.39 is 6.89 Å². The quantitative estimate of drug-likeness (QED) is 0.122. The highest BCUT2D eigenvalue weighted by atomic mass is 31.2. The Bertz CT molecular complexity index is 2570. The van der Waals surface area contributed by atoms with Crippen LogP contribution in [0.15, 0.2) is 91.0 Å². The average Bonchev–Trinajstić information content (AvgIpc) is 3.20. The van der Waals surface area contributed by atoms with Crippen molar-refractivity contribution >= 4 is 57.7 Å². The van der Waals surface area contributed by atoms with Crippen molar-refractivity contribution in [3.8, 4) is 23.7 Å². The number of hydrogen-bond donors (Lipinski definition) is 0. The summed E-state index contributed by atoms with van der Waals surface area (Å²) in [6.07, 6.45) is 14.8. The average molecular weight is 743 g/mol. The van der Waals surface area contributed by atoms with Gasteiger partial charge in [0.15, 0.2) is 0 Å². The highest BCUT2D eigenvalue weighted by Gasteiger charge is 2.14. The van der Waals surface area contributed by atoms with Crippen LogP contribution in [0.25, 0.3) is 44.5 Å². The molecule has 0 heterocycles. The normalized spacial score (nSPS) is 12.0. The van der Waals surface area contributed by atoms with E-state index in [4.69, 9.17) is 0 Å². The summed E-state index contributed by atoms with van der Waals surface area (Å²) in [6, 6.07) is 33.3. The smallest absolute Gasteiger partial charge is 0.0403 e. The fraction of sp³-hybridized carbons (Fsp3) is 0.315. The van der Waals surface area contributed by atoms with Crippen molar-refractivity contribution < 1.29 is 0 Å². The van der Waals surface area contributed by atoms with E-state index in [1.165, 1.54) is 72.0 Å². The zero-order chi connectivity index (χ0) is 40.1. The molecule has 0 N–H and O–H groups in total. The van der Waals surface area contributed by atoms with Crippen LogP contribution in [0.1, 0.15) is 107 Å². The molecule has 284 valence electrons. The summed E-state index contributed by atoms with van der Waals surface area (Å²) in [5.74, 6) is 15.3. The first kappa shape index (κ1) is 43.0. The predicted molar refractivity (Wildman–Crippen MR) is 253 cm³/mol. The fourth-order valence-corrected chi connectivity index (χ4v) is 8.35. The number of benzene rings is 6. The molecule has 6 aromatic rings. The highest BCUT2D eigenvalue weighted by Crippen LogP contribution is 2.37. The third kappa shape index (κ3) is 10.7. The molecular weight excluding hydrogens is 680 g/mol. The van der Waals surface area contributed by atoms with Crippen molar-refractivity contribution in [1.29, 1.82) is 0 Å². The Morgan fingerprint density at radius 1 is 0.582 bits per heavy atom. The minimum atomic E-state index is -1.04. The van der Waals surface area contributed by atoms with Gasteiger partial charge in [0.1, 0.15) is 0 Å². The van der Waals surface area contributed by atoms with E-state index in [1.807, 2.05) is 41.5 Å². The van der Waals surface area contributed by atoms with Crippen molar-refractivity contribution in [3.63, 3.8) is 0 Å². The third-order valence-corrected chi connectivity index (χ3v) is 11.3. The number of aryl methyl sites for hydroxylation is 2. The molecule has 0 aliphatic heterocycles. The van der Waals surface area contributed by atoms with Crippen LogP contribution in [0.4, 0.5) is 0 Å². The second kappa shape index (κ2) is 20.3. The van der Waals surface area contributed by atoms with Gasteiger partial charge in [0.05, 0.1) is 0 Å². The van der Waals surface area contributed by atoms with Crippen LogP contribution in [0, 0.1) is 43.4 Å². The minimum absolute atomic E-state index is 0.596. The van der Waals surface area contributed by atoms with Crippen LogP contribution in [0.5, 0.6) is 0 Å². The summed E-state index contributed by atoms with van der Waals surface area (Å²) in [7, 11) is 0. The lowest BCUT2D eigenvalue weighted by Gasteiger charge is -2.18. The second-order valence-electron chi connectivity index (χ2n) is 14.8. The van der Waals surface area contributed by atoms with E-state index in [9.17, 15) is 0 Å². The molecule has 6 aromatic carbocycles. The van der Waals surface area contributed by atoms with Gasteiger partial charge in [0.2, 0.25) is 0 Å². The highest BCUT2D eigenvalue weighted by molar-refractivity contribution is 7.72. The molecule has 1 unspecified atom stereocenters. The molecule has 0 saturated carbocycles. The van der Waals surface area contributed by atoms with Gasteiger partial charge in [0.25, 0.3) is 0 Å². The van der Waals surface area contributed by atoms with Crippen molar-refractivity contribution in [2.75, 3.05) is 19.5 Å². The SMILES string of the molecule is C=P(C)(C)CCC(C)Cc1ccc2c(C#Cc3cccc4cc(C)ccc34)c3c(c(C#Cc4cccc5cc(C)ccc45)c2c1)=CCCC=3.CC.CC.CC. The van der Waals surface area contributed by atoms with Crippen molar-refractivity contribution in [1.82, 2.24) is 0 Å². The molecule has 1 heteroatoms. The van der Waals surface area contributed by atoms with Crippen LogP contribution >= 0.6 is 6.89 Å². The van der Waals surface area contributed by atoms with Gasteiger partial charge >= 0.3 is 0 Å². The summed E-state index contributed by atoms with van der Waals surface area (Å²) in [5, 5.41) is 9.72. The van der Waals surface area contributed by atoms with E-state index in [0.29, 0.717) is 5.92 Å². The van der Waals surface area contributed by atoms with Gasteiger partial charge in [-0.3, -0.25) is 0 Å². The predicted octanol–water partition coefficient (Wildman–Crippen LogP) is 13.3. The number of fused-ring (bicyclic) bond motifs is 4. The summed E-state index contributed by atoms with van der Waals surface area (Å²) in [6.45, 7) is 22.3. The Balaban J connectivity index is 0.00000107. The standard InChI is InChI=1S/C48H45P.3C2H6/c1-33-17-22-41-37(11-9-13-39(41)30-33)20-25-45-43-15-7-8-16-44(43)47(26-21-38-12-10-14-40-31-34(2)18-23-42(38)40)48-32-36(19-24-46(45)48)29-35(3)27-28-49(4,5)6;3*1-2/h9-19,22-24,30-32,35H,4,7-8,27-29H2,1-3,5-6H3;3*1-2H3. The summed E-state index contributed by atoms with van der Waals surface area (Å²) < 4.78 is 0. The van der Waals surface area contributed by atoms with E-state index in [2.05, 4.69) is 167 Å². The Morgan fingerprint density at radius 3 is 1.55 bits per heavy atom. The fourth-order valence-electron chi connectivity index (χ4n) is 7.21. The molecule has 0 bridgehead atoms. The summed E-state index contributed by atoms with van der Waals surface area (Å²) >= 11 is 0. The lowest BCUT2D eigenvalue weighted by Crippen LogP contribution is -2.33. The van der Waals surface area contributed by atoms with Crippen molar-refractivity contribution in [2.45, 2.75) is 88.0 Å². The van der Waals surface area contributed by atoms with Gasteiger partial charge in [-0.2, -0.15) is 0 Å². The lowest BCUT2D eigenvalue weighted by atomic mass is 9.89. The van der Waals surface area contributed by atoms with E-state index >= 15 is 0 Å². The van der Waals surface area contributed by atoms with E-state index in [-0.39, 0.29) is 0 Å². The molecular formula is C54H63P. The van der Waals surface area contributed by atoms with Crippen molar-refractivity contribution in [2.24, 2.45) is 5.92 Å². The molecule has 0 aromatic heterocycles. The molecule has 1 aliphatic carbocycles. The maximum absolute atomic E-state index is 4.46. The molecule has 7 rings (SSSR count). The molecule has 55 heavy (non-hydrogen) atoms. The first-order valence-corrected chi connectivity index (χ1v) is 23.7. The number of hydrogen-bond acceptors (Lipinski definition) is 0. The van der Waals surface area contributed by atoms with Crippen LogP contribution in [-0.4, -0.2) is 25.8 Å².